The van der Waals surface area contributed by atoms with Gasteiger partial charge in [0.1, 0.15) is 0 Å². The number of aryl methyl sites for hydroxylation is 1. The smallest absolute Gasteiger partial charge is 0.302 e. The minimum absolute atomic E-state index is 0.200. The summed E-state index contributed by atoms with van der Waals surface area (Å²) in [7, 11) is 1.70. The molecule has 2 atom stereocenters. The molecule has 3 amide bonds. The quantitative estimate of drug-likeness (QED) is 0.699. The Morgan fingerprint density at radius 1 is 1.06 bits per heavy atom. The van der Waals surface area contributed by atoms with Crippen LogP contribution in [0.25, 0.3) is 5.70 Å². The van der Waals surface area contributed by atoms with Gasteiger partial charge in [-0.15, -0.1) is 0 Å². The molecule has 0 spiro atoms. The Morgan fingerprint density at radius 3 is 2.44 bits per heavy atom. The Kier molecular flexibility index (Phi) is 4.62. The fourth-order valence-electron chi connectivity index (χ4n) is 4.51. The highest BCUT2D eigenvalue weighted by Crippen LogP contribution is 2.40. The molecule has 7 heteroatoms. The van der Waals surface area contributed by atoms with Crippen molar-refractivity contribution in [2.45, 2.75) is 26.1 Å². The summed E-state index contributed by atoms with van der Waals surface area (Å²) in [5.41, 5.74) is 4.80. The first-order valence-corrected chi connectivity index (χ1v) is 10.6. The van der Waals surface area contributed by atoms with Crippen LogP contribution in [0.15, 0.2) is 77.9 Å². The van der Waals surface area contributed by atoms with E-state index in [0.717, 1.165) is 28.1 Å². The number of benzene rings is 2. The molecule has 0 bridgehead atoms. The van der Waals surface area contributed by atoms with Gasteiger partial charge in [0.15, 0.2) is 12.2 Å². The summed E-state index contributed by atoms with van der Waals surface area (Å²) in [5.74, 6) is 0.397. The van der Waals surface area contributed by atoms with Crippen molar-refractivity contribution in [1.82, 2.24) is 14.7 Å². The van der Waals surface area contributed by atoms with E-state index in [9.17, 15) is 9.59 Å². The zero-order chi connectivity index (χ0) is 22.6. The molecule has 3 heterocycles. The molecule has 0 radical (unpaired) electrons. The number of carbonyl (C=O) groups excluding carboxylic acids is 2. The number of anilines is 1. The van der Waals surface area contributed by atoms with Gasteiger partial charge in [-0.25, -0.2) is 9.79 Å². The number of imide groups is 1. The Bertz CT molecular complexity index is 1190. The van der Waals surface area contributed by atoms with Crippen LogP contribution in [0.5, 0.6) is 0 Å². The number of amides is 3. The molecule has 32 heavy (non-hydrogen) atoms. The van der Waals surface area contributed by atoms with Crippen LogP contribution in [0.3, 0.4) is 0 Å². The van der Waals surface area contributed by atoms with E-state index in [4.69, 9.17) is 4.99 Å². The molecule has 3 aliphatic heterocycles. The number of rotatable bonds is 4. The first kappa shape index (κ1) is 20.1. The van der Waals surface area contributed by atoms with Gasteiger partial charge in [0.2, 0.25) is 5.96 Å². The van der Waals surface area contributed by atoms with Crippen LogP contribution >= 0.6 is 0 Å². The molecule has 3 aliphatic rings. The van der Waals surface area contributed by atoms with Crippen molar-refractivity contribution in [1.29, 1.82) is 0 Å². The first-order chi connectivity index (χ1) is 15.4. The van der Waals surface area contributed by atoms with E-state index in [2.05, 4.69) is 24.5 Å². The van der Waals surface area contributed by atoms with Crippen molar-refractivity contribution >= 4 is 29.3 Å². The molecule has 0 aromatic heterocycles. The van der Waals surface area contributed by atoms with Crippen LogP contribution in [0, 0.1) is 6.92 Å². The molecule has 2 unspecified atom stereocenters. The molecule has 0 N–H and O–H groups in total. The lowest BCUT2D eigenvalue weighted by molar-refractivity contribution is -0.136. The van der Waals surface area contributed by atoms with E-state index in [1.54, 1.807) is 11.9 Å². The van der Waals surface area contributed by atoms with Crippen LogP contribution in [0.4, 0.5) is 10.5 Å². The number of fused-ring (bicyclic) bond motifs is 3. The summed E-state index contributed by atoms with van der Waals surface area (Å²) in [4.78, 5) is 38.1. The average molecular weight is 428 g/mol. The first-order valence-electron chi connectivity index (χ1n) is 10.6. The predicted octanol–water partition coefficient (Wildman–Crippen LogP) is 3.65. The highest BCUT2D eigenvalue weighted by molar-refractivity contribution is 6.16. The van der Waals surface area contributed by atoms with Crippen molar-refractivity contribution in [2.75, 3.05) is 18.5 Å². The normalized spacial score (nSPS) is 22.1. The molecule has 0 aliphatic carbocycles. The summed E-state index contributed by atoms with van der Waals surface area (Å²) in [6.45, 7) is 7.95. The Hall–Kier alpha value is -3.87. The molecular formula is C25H25N5O2. The summed E-state index contributed by atoms with van der Waals surface area (Å²) >= 11 is 0. The number of carbonyl (C=O) groups is 2. The van der Waals surface area contributed by atoms with Gasteiger partial charge in [-0.3, -0.25) is 19.5 Å². The summed E-state index contributed by atoms with van der Waals surface area (Å²) in [6, 6.07) is 17.2. The van der Waals surface area contributed by atoms with Crippen LogP contribution in [-0.2, 0) is 4.79 Å². The van der Waals surface area contributed by atoms with Crippen LogP contribution in [-0.4, -0.2) is 58.4 Å². The molecule has 162 valence electrons. The molecule has 1 saturated heterocycles. The van der Waals surface area contributed by atoms with Gasteiger partial charge >= 0.3 is 6.03 Å². The van der Waals surface area contributed by atoms with E-state index in [1.165, 1.54) is 4.90 Å². The Morgan fingerprint density at radius 2 is 1.75 bits per heavy atom. The zero-order valence-corrected chi connectivity index (χ0v) is 18.4. The van der Waals surface area contributed by atoms with E-state index < -0.39 is 12.2 Å². The highest BCUT2D eigenvalue weighted by Gasteiger charge is 2.54. The monoisotopic (exact) mass is 427 g/mol. The number of hydrogen-bond acceptors (Lipinski definition) is 5. The molecule has 2 aromatic rings. The SMILES string of the molecule is C=C(C)CN1C(=O)C2C(N=C3N(c4ccccc4C)C(c4ccccc4)=CN32)N(C)C1=O. The maximum atomic E-state index is 13.5. The van der Waals surface area contributed by atoms with Crippen molar-refractivity contribution in [3.8, 4) is 0 Å². The lowest BCUT2D eigenvalue weighted by Gasteiger charge is -2.40. The third-order valence-electron chi connectivity index (χ3n) is 6.07. The van der Waals surface area contributed by atoms with Gasteiger partial charge in [-0.05, 0) is 25.5 Å². The van der Waals surface area contributed by atoms with E-state index in [-0.39, 0.29) is 18.5 Å². The lowest BCUT2D eigenvalue weighted by Crippen LogP contribution is -2.64. The van der Waals surface area contributed by atoms with E-state index in [1.807, 2.05) is 66.6 Å². The van der Waals surface area contributed by atoms with Gasteiger partial charge in [0.05, 0.1) is 17.9 Å². The van der Waals surface area contributed by atoms with E-state index >= 15 is 0 Å². The topological polar surface area (TPSA) is 59.5 Å². The van der Waals surface area contributed by atoms with Gasteiger partial charge in [0, 0.05) is 18.8 Å². The number of urea groups is 1. The van der Waals surface area contributed by atoms with Crippen molar-refractivity contribution in [2.24, 2.45) is 4.99 Å². The molecular weight excluding hydrogens is 402 g/mol. The molecule has 0 saturated carbocycles. The van der Waals surface area contributed by atoms with Gasteiger partial charge < -0.3 is 4.90 Å². The number of hydrogen-bond donors (Lipinski definition) is 0. The van der Waals surface area contributed by atoms with Crippen molar-refractivity contribution in [3.05, 3.63) is 84.1 Å². The van der Waals surface area contributed by atoms with Gasteiger partial charge in [0.25, 0.3) is 5.91 Å². The minimum atomic E-state index is -0.611. The summed E-state index contributed by atoms with van der Waals surface area (Å²) < 4.78 is 0. The summed E-state index contributed by atoms with van der Waals surface area (Å²) in [6.07, 6.45) is 1.40. The fraction of sp³-hybridized carbons (Fsp3) is 0.240. The number of aliphatic imine (C=N–C) groups is 1. The number of likely N-dealkylation sites (N-methyl/N-ethyl adjacent to an activating group) is 1. The average Bonchev–Trinajstić information content (AvgIpc) is 3.32. The van der Waals surface area contributed by atoms with Gasteiger partial charge in [-0.1, -0.05) is 60.7 Å². The van der Waals surface area contributed by atoms with Crippen LogP contribution in [0.1, 0.15) is 18.1 Å². The Labute approximate surface area is 187 Å². The van der Waals surface area contributed by atoms with Crippen molar-refractivity contribution < 1.29 is 9.59 Å². The third kappa shape index (κ3) is 2.92. The number of nitrogens with zero attached hydrogens (tertiary/aromatic N) is 5. The van der Waals surface area contributed by atoms with Crippen LogP contribution < -0.4 is 4.90 Å². The minimum Gasteiger partial charge on any atom is -0.302 e. The lowest BCUT2D eigenvalue weighted by atomic mass is 10.1. The second kappa shape index (κ2) is 7.37. The Balaban J connectivity index is 1.63. The third-order valence-corrected chi connectivity index (χ3v) is 6.07. The zero-order valence-electron chi connectivity index (χ0n) is 18.4. The highest BCUT2D eigenvalue weighted by atomic mass is 16.2. The maximum Gasteiger partial charge on any atom is 0.328 e. The van der Waals surface area contributed by atoms with Crippen molar-refractivity contribution in [3.63, 3.8) is 0 Å². The number of guanidine groups is 1. The summed E-state index contributed by atoms with van der Waals surface area (Å²) in [5, 5.41) is 0. The molecule has 5 rings (SSSR count). The second-order valence-corrected chi connectivity index (χ2v) is 8.47. The van der Waals surface area contributed by atoms with Crippen LogP contribution in [0.2, 0.25) is 0 Å². The maximum absolute atomic E-state index is 13.5. The molecule has 7 nitrogen and oxygen atoms in total. The number of para-hydroxylation sites is 1. The molecule has 1 fully saturated rings. The molecule has 2 aromatic carbocycles. The standard InChI is InChI=1S/C25H25N5O2/c1-16(2)14-29-23(31)21-22(27(4)25(29)32)26-24-28(21)15-20(18-11-6-5-7-12-18)30(24)19-13-9-8-10-17(19)3/h5-13,15,21-22H,1,14H2,2-4H3. The largest absolute Gasteiger partial charge is 0.328 e. The predicted molar refractivity (Wildman–Crippen MR) is 125 cm³/mol. The second-order valence-electron chi connectivity index (χ2n) is 8.47. The van der Waals surface area contributed by atoms with E-state index in [0.29, 0.717) is 5.96 Å². The van der Waals surface area contributed by atoms with Gasteiger partial charge in [-0.2, -0.15) is 0 Å². The fourth-order valence-corrected chi connectivity index (χ4v) is 4.51.